The SMILES string of the molecule is CCCC[N+](C)(C)CC[OH2+]. The van der Waals surface area contributed by atoms with Gasteiger partial charge in [0, 0.05) is 0 Å². The fourth-order valence-corrected chi connectivity index (χ4v) is 1.00. The Balaban J connectivity index is 3.42. The summed E-state index contributed by atoms with van der Waals surface area (Å²) < 4.78 is 1.01. The molecule has 62 valence electrons. The second kappa shape index (κ2) is 4.69. The lowest BCUT2D eigenvalue weighted by molar-refractivity contribution is -0.890. The molecule has 0 aromatic heterocycles. The molecule has 2 heteroatoms. The molecule has 10 heavy (non-hydrogen) atoms. The fourth-order valence-electron chi connectivity index (χ4n) is 1.00. The van der Waals surface area contributed by atoms with Gasteiger partial charge in [-0.2, -0.15) is 0 Å². The summed E-state index contributed by atoms with van der Waals surface area (Å²) in [6.45, 7) is 4.97. The van der Waals surface area contributed by atoms with Crippen molar-refractivity contribution >= 4 is 0 Å². The molecular formula is C8H21NO+2. The molecule has 0 aliphatic heterocycles. The van der Waals surface area contributed by atoms with Gasteiger partial charge in [-0.05, 0) is 6.42 Å². The normalized spacial score (nSPS) is 12.0. The van der Waals surface area contributed by atoms with Gasteiger partial charge in [0.25, 0.3) is 0 Å². The van der Waals surface area contributed by atoms with Crippen molar-refractivity contribution in [1.82, 2.24) is 0 Å². The molecule has 0 saturated carbocycles. The van der Waals surface area contributed by atoms with E-state index in [9.17, 15) is 0 Å². The predicted molar refractivity (Wildman–Crippen MR) is 45.2 cm³/mol. The summed E-state index contributed by atoms with van der Waals surface area (Å²) >= 11 is 0. The number of hydrogen-bond acceptors (Lipinski definition) is 0. The van der Waals surface area contributed by atoms with Crippen molar-refractivity contribution < 1.29 is 9.59 Å². The Kier molecular flexibility index (Phi) is 4.65. The van der Waals surface area contributed by atoms with E-state index in [1.54, 1.807) is 0 Å². The van der Waals surface area contributed by atoms with Crippen molar-refractivity contribution in [3.63, 3.8) is 0 Å². The average Bonchev–Trinajstić information content (AvgIpc) is 1.84. The van der Waals surface area contributed by atoms with Crippen LogP contribution in [0.3, 0.4) is 0 Å². The molecule has 0 unspecified atom stereocenters. The molecule has 2 nitrogen and oxygen atoms in total. The first kappa shape index (κ1) is 9.92. The van der Waals surface area contributed by atoms with Crippen molar-refractivity contribution in [2.45, 2.75) is 19.8 Å². The third-order valence-electron chi connectivity index (χ3n) is 1.83. The third-order valence-corrected chi connectivity index (χ3v) is 1.83. The van der Waals surface area contributed by atoms with Gasteiger partial charge in [-0.15, -0.1) is 0 Å². The van der Waals surface area contributed by atoms with E-state index in [4.69, 9.17) is 5.11 Å². The van der Waals surface area contributed by atoms with Gasteiger partial charge in [0.1, 0.15) is 6.54 Å². The van der Waals surface area contributed by atoms with E-state index < -0.39 is 0 Å². The molecule has 2 N–H and O–H groups in total. The Morgan fingerprint density at radius 1 is 1.20 bits per heavy atom. The van der Waals surface area contributed by atoms with Gasteiger partial charge in [0.05, 0.1) is 20.6 Å². The van der Waals surface area contributed by atoms with Crippen molar-refractivity contribution in [3.05, 3.63) is 0 Å². The van der Waals surface area contributed by atoms with Gasteiger partial charge in [-0.1, -0.05) is 13.3 Å². The van der Waals surface area contributed by atoms with Crippen molar-refractivity contribution in [2.75, 3.05) is 33.8 Å². The Bertz CT molecular complexity index is 81.3. The first-order valence-corrected chi connectivity index (χ1v) is 4.09. The highest BCUT2D eigenvalue weighted by molar-refractivity contribution is 4.34. The number of unbranched alkanes of at least 4 members (excludes halogenated alkanes) is 1. The van der Waals surface area contributed by atoms with Gasteiger partial charge >= 0.3 is 0 Å². The second-order valence-corrected chi connectivity index (χ2v) is 3.49. The lowest BCUT2D eigenvalue weighted by Gasteiger charge is -2.27. The van der Waals surface area contributed by atoms with E-state index in [-0.39, 0.29) is 0 Å². The molecule has 0 aromatic rings. The standard InChI is InChI=1S/C8H20NO/c1-4-5-6-9(2,3)7-8-10/h10H,4-8H2,1-3H3/q+1/p+1. The van der Waals surface area contributed by atoms with E-state index in [2.05, 4.69) is 21.0 Å². The first-order chi connectivity index (χ1) is 4.62. The van der Waals surface area contributed by atoms with Crippen LogP contribution in [0.1, 0.15) is 19.8 Å². The van der Waals surface area contributed by atoms with Crippen LogP contribution >= 0.6 is 0 Å². The summed E-state index contributed by atoms with van der Waals surface area (Å²) in [6, 6.07) is 0. The maximum Gasteiger partial charge on any atom is 0.193 e. The Labute approximate surface area is 64.1 Å². The number of rotatable bonds is 5. The third kappa shape index (κ3) is 4.77. The zero-order chi connectivity index (χ0) is 8.04. The van der Waals surface area contributed by atoms with Crippen LogP contribution in [0.2, 0.25) is 0 Å². The molecule has 0 rings (SSSR count). The van der Waals surface area contributed by atoms with Gasteiger partial charge < -0.3 is 9.59 Å². The monoisotopic (exact) mass is 147 g/mol. The Morgan fingerprint density at radius 2 is 1.80 bits per heavy atom. The summed E-state index contributed by atoms with van der Waals surface area (Å²) in [5, 5.41) is 7.08. The fraction of sp³-hybridized carbons (Fsp3) is 1.00. The molecule has 0 atom stereocenters. The van der Waals surface area contributed by atoms with Gasteiger partial charge in [-0.3, -0.25) is 0 Å². The first-order valence-electron chi connectivity index (χ1n) is 4.09. The summed E-state index contributed by atoms with van der Waals surface area (Å²) in [4.78, 5) is 0. The maximum absolute atomic E-state index is 7.08. The van der Waals surface area contributed by atoms with Crippen LogP contribution in [0.5, 0.6) is 0 Å². The van der Waals surface area contributed by atoms with Crippen LogP contribution in [0, 0.1) is 0 Å². The summed E-state index contributed by atoms with van der Waals surface area (Å²) in [7, 11) is 4.40. The highest BCUT2D eigenvalue weighted by Gasteiger charge is 2.13. The quantitative estimate of drug-likeness (QED) is 0.401. The van der Waals surface area contributed by atoms with Crippen molar-refractivity contribution in [3.8, 4) is 0 Å². The van der Waals surface area contributed by atoms with E-state index in [0.717, 1.165) is 11.0 Å². The van der Waals surface area contributed by atoms with Crippen LogP contribution in [0.15, 0.2) is 0 Å². The molecule has 0 spiro atoms. The zero-order valence-electron chi connectivity index (χ0n) is 7.48. The van der Waals surface area contributed by atoms with E-state index in [1.807, 2.05) is 0 Å². The molecule has 0 saturated heterocycles. The van der Waals surface area contributed by atoms with Crippen LogP contribution in [0.4, 0.5) is 0 Å². The predicted octanol–water partition coefficient (Wildman–Crippen LogP) is 0.587. The zero-order valence-corrected chi connectivity index (χ0v) is 7.48. The summed E-state index contributed by atoms with van der Waals surface area (Å²) in [6.07, 6.45) is 2.55. The lowest BCUT2D eigenvalue weighted by Crippen LogP contribution is -2.42. The van der Waals surface area contributed by atoms with Gasteiger partial charge in [0.2, 0.25) is 0 Å². The summed E-state index contributed by atoms with van der Waals surface area (Å²) in [5.74, 6) is 0. The van der Waals surface area contributed by atoms with Crippen LogP contribution < -0.4 is 0 Å². The van der Waals surface area contributed by atoms with Crippen molar-refractivity contribution in [2.24, 2.45) is 0 Å². The second-order valence-electron chi connectivity index (χ2n) is 3.49. The highest BCUT2D eigenvalue weighted by atomic mass is 16.3. The number of nitrogens with zero attached hydrogens (tertiary/aromatic N) is 1. The summed E-state index contributed by atoms with van der Waals surface area (Å²) in [5.41, 5.74) is 0. The molecule has 0 radical (unpaired) electrons. The smallest absolute Gasteiger partial charge is 0.193 e. The Hall–Kier alpha value is -0.0800. The number of likely N-dealkylation sites (N-methyl/N-ethyl adjacent to an activating group) is 1. The lowest BCUT2D eigenvalue weighted by atomic mass is 10.3. The van der Waals surface area contributed by atoms with Crippen molar-refractivity contribution in [1.29, 1.82) is 0 Å². The average molecular weight is 147 g/mol. The van der Waals surface area contributed by atoms with E-state index >= 15 is 0 Å². The molecular weight excluding hydrogens is 126 g/mol. The molecule has 0 aliphatic carbocycles. The van der Waals surface area contributed by atoms with Crippen LogP contribution in [-0.2, 0) is 0 Å². The highest BCUT2D eigenvalue weighted by Crippen LogP contribution is 1.99. The molecule has 0 heterocycles. The topological polar surface area (TPSA) is 22.9 Å². The maximum atomic E-state index is 7.08. The van der Waals surface area contributed by atoms with Gasteiger partial charge in [-0.25, -0.2) is 0 Å². The minimum Gasteiger partial charge on any atom is -0.441 e. The molecule has 0 bridgehead atoms. The van der Waals surface area contributed by atoms with Gasteiger partial charge in [0.15, 0.2) is 6.61 Å². The minimum atomic E-state index is 0.552. The number of hydrogen-bond donors (Lipinski definition) is 0. The molecule has 0 fully saturated rings. The largest absolute Gasteiger partial charge is 0.441 e. The molecule has 0 aliphatic rings. The Morgan fingerprint density at radius 3 is 2.20 bits per heavy atom. The molecule has 0 amide bonds. The van der Waals surface area contributed by atoms with Crippen LogP contribution in [0.25, 0.3) is 0 Å². The minimum absolute atomic E-state index is 0.552. The molecule has 0 aromatic carbocycles. The van der Waals surface area contributed by atoms with E-state index in [0.29, 0.717) is 6.61 Å². The van der Waals surface area contributed by atoms with Crippen LogP contribution in [-0.4, -0.2) is 43.4 Å². The van der Waals surface area contributed by atoms with E-state index in [1.165, 1.54) is 19.4 Å². The number of quaternary nitrogens is 1.